The molecule has 1 rings (SSSR count). The van der Waals surface area contributed by atoms with E-state index in [9.17, 15) is 9.90 Å². The van der Waals surface area contributed by atoms with Crippen molar-refractivity contribution in [2.24, 2.45) is 10.8 Å². The number of carbonyl (C=O) groups excluding carboxylic acids is 1. The normalized spacial score (nSPS) is 12.6. The van der Waals surface area contributed by atoms with Crippen molar-refractivity contribution in [2.45, 2.75) is 6.04 Å². The zero-order valence-electron chi connectivity index (χ0n) is 8.87. The molecule has 0 heterocycles. The Labute approximate surface area is 97.2 Å². The first-order valence-corrected chi connectivity index (χ1v) is 4.76. The Morgan fingerprint density at radius 2 is 2.24 bits per heavy atom. The highest BCUT2D eigenvalue weighted by Crippen LogP contribution is 2.19. The molecule has 0 fully saturated rings. The molecular formula is C10H13N3O4. The molecule has 0 unspecified atom stereocenters. The molecule has 1 amide bonds. The van der Waals surface area contributed by atoms with Gasteiger partial charge in [-0.05, 0) is 18.2 Å². The Balaban J connectivity index is 2.65. The van der Waals surface area contributed by atoms with Gasteiger partial charge in [0.25, 0.3) is 5.91 Å². The minimum Gasteiger partial charge on any atom is -0.508 e. The van der Waals surface area contributed by atoms with Gasteiger partial charge in [-0.2, -0.15) is 5.10 Å². The lowest BCUT2D eigenvalue weighted by Crippen LogP contribution is -2.40. The van der Waals surface area contributed by atoms with Crippen LogP contribution in [0.15, 0.2) is 23.3 Å². The first-order chi connectivity index (χ1) is 8.04. The molecule has 0 saturated heterocycles. The fourth-order valence-corrected chi connectivity index (χ4v) is 0.977. The van der Waals surface area contributed by atoms with Crippen LogP contribution in [-0.4, -0.2) is 40.1 Å². The molecule has 0 aromatic heterocycles. The smallest absolute Gasteiger partial charge is 0.259 e. The lowest BCUT2D eigenvalue weighted by atomic mass is 10.2. The van der Waals surface area contributed by atoms with Gasteiger partial charge in [0.05, 0.1) is 12.8 Å². The van der Waals surface area contributed by atoms with Crippen LogP contribution in [-0.2, 0) is 4.79 Å². The minimum absolute atomic E-state index is 0.0392. The van der Waals surface area contributed by atoms with E-state index >= 15 is 0 Å². The Morgan fingerprint density at radius 3 is 2.88 bits per heavy atom. The van der Waals surface area contributed by atoms with E-state index in [1.807, 2.05) is 0 Å². The van der Waals surface area contributed by atoms with Crippen LogP contribution < -0.4 is 11.2 Å². The van der Waals surface area contributed by atoms with Crippen molar-refractivity contribution in [3.05, 3.63) is 23.8 Å². The van der Waals surface area contributed by atoms with E-state index in [1.54, 1.807) is 0 Å². The van der Waals surface area contributed by atoms with Crippen LogP contribution in [0.2, 0.25) is 0 Å². The molecule has 7 heteroatoms. The first-order valence-electron chi connectivity index (χ1n) is 4.76. The van der Waals surface area contributed by atoms with Gasteiger partial charge in [-0.3, -0.25) is 4.79 Å². The number of hydrogen-bond acceptors (Lipinski definition) is 6. The van der Waals surface area contributed by atoms with Crippen molar-refractivity contribution in [1.82, 2.24) is 5.43 Å². The molecule has 0 bridgehead atoms. The van der Waals surface area contributed by atoms with Gasteiger partial charge in [0.1, 0.15) is 17.5 Å². The second-order valence-corrected chi connectivity index (χ2v) is 3.27. The topological polar surface area (TPSA) is 128 Å². The third-order valence-corrected chi connectivity index (χ3v) is 1.92. The van der Waals surface area contributed by atoms with Crippen molar-refractivity contribution in [2.75, 3.05) is 6.61 Å². The summed E-state index contributed by atoms with van der Waals surface area (Å²) in [4.78, 5) is 11.1. The molecule has 0 radical (unpaired) electrons. The minimum atomic E-state index is -1.05. The molecule has 1 aromatic carbocycles. The second-order valence-electron chi connectivity index (χ2n) is 3.27. The van der Waals surface area contributed by atoms with Gasteiger partial charge in [-0.15, -0.1) is 0 Å². The Kier molecular flexibility index (Phi) is 4.44. The van der Waals surface area contributed by atoms with E-state index in [1.165, 1.54) is 18.2 Å². The molecule has 0 aliphatic carbocycles. The maximum absolute atomic E-state index is 11.1. The van der Waals surface area contributed by atoms with Crippen LogP contribution in [0.5, 0.6) is 11.5 Å². The molecule has 0 aliphatic rings. The van der Waals surface area contributed by atoms with Gasteiger partial charge >= 0.3 is 0 Å². The summed E-state index contributed by atoms with van der Waals surface area (Å²) in [6.45, 7) is -0.487. The Hall–Kier alpha value is -2.12. The molecule has 0 spiro atoms. The average molecular weight is 239 g/mol. The molecule has 7 nitrogen and oxygen atoms in total. The quantitative estimate of drug-likeness (QED) is 0.258. The number of benzene rings is 1. The van der Waals surface area contributed by atoms with Crippen LogP contribution in [0.4, 0.5) is 0 Å². The highest BCUT2D eigenvalue weighted by molar-refractivity contribution is 5.86. The van der Waals surface area contributed by atoms with Crippen molar-refractivity contribution < 1.29 is 20.1 Å². The first kappa shape index (κ1) is 12.9. The van der Waals surface area contributed by atoms with E-state index in [4.69, 9.17) is 15.9 Å². The van der Waals surface area contributed by atoms with Crippen molar-refractivity contribution in [1.29, 1.82) is 0 Å². The van der Waals surface area contributed by atoms with Gasteiger partial charge in [-0.25, -0.2) is 5.43 Å². The van der Waals surface area contributed by atoms with Crippen molar-refractivity contribution >= 4 is 12.1 Å². The maximum atomic E-state index is 11.1. The monoisotopic (exact) mass is 239 g/mol. The third-order valence-electron chi connectivity index (χ3n) is 1.92. The summed E-state index contributed by atoms with van der Waals surface area (Å²) in [5.74, 6) is -0.779. The standard InChI is InChI=1S/C10H13N3O4/c11-8(5-14)10(17)13-12-4-6-3-7(15)1-2-9(6)16/h1-4,8,14-16H,5,11H2,(H,13,17)/b12-4+/t8-/m0/s1. The number of hydrazone groups is 1. The lowest BCUT2D eigenvalue weighted by Gasteiger charge is -2.05. The van der Waals surface area contributed by atoms with Crippen molar-refractivity contribution in [3.8, 4) is 11.5 Å². The summed E-state index contributed by atoms with van der Waals surface area (Å²) >= 11 is 0. The van der Waals surface area contributed by atoms with Gasteiger partial charge in [0.2, 0.25) is 0 Å². The molecule has 1 atom stereocenters. The Bertz CT molecular complexity index is 434. The highest BCUT2D eigenvalue weighted by atomic mass is 16.3. The summed E-state index contributed by atoms with van der Waals surface area (Å²) in [5.41, 5.74) is 7.54. The van der Waals surface area contributed by atoms with E-state index < -0.39 is 18.6 Å². The molecule has 0 aliphatic heterocycles. The molecule has 1 aromatic rings. The number of phenols is 2. The summed E-state index contributed by atoms with van der Waals surface area (Å²) in [6, 6.07) is 2.83. The number of phenolic OH excluding ortho intramolecular Hbond substituents is 2. The molecule has 92 valence electrons. The number of amides is 1. The number of nitrogens with zero attached hydrogens (tertiary/aromatic N) is 1. The number of hydrogen-bond donors (Lipinski definition) is 5. The maximum Gasteiger partial charge on any atom is 0.259 e. The highest BCUT2D eigenvalue weighted by Gasteiger charge is 2.10. The average Bonchev–Trinajstić information content (AvgIpc) is 2.32. The van der Waals surface area contributed by atoms with E-state index in [-0.39, 0.29) is 17.1 Å². The largest absolute Gasteiger partial charge is 0.508 e. The van der Waals surface area contributed by atoms with Gasteiger partial charge in [-0.1, -0.05) is 0 Å². The second kappa shape index (κ2) is 5.83. The number of aromatic hydroxyl groups is 2. The molecule has 17 heavy (non-hydrogen) atoms. The van der Waals surface area contributed by atoms with Crippen LogP contribution in [0, 0.1) is 0 Å². The molecule has 6 N–H and O–H groups in total. The predicted molar refractivity (Wildman–Crippen MR) is 60.6 cm³/mol. The van der Waals surface area contributed by atoms with Gasteiger partial charge in [0.15, 0.2) is 0 Å². The van der Waals surface area contributed by atoms with Gasteiger partial charge in [0, 0.05) is 5.56 Å². The predicted octanol–water partition coefficient (Wildman–Crippen LogP) is -1.13. The number of nitrogens with one attached hydrogen (secondary N) is 1. The van der Waals surface area contributed by atoms with Gasteiger partial charge < -0.3 is 21.1 Å². The summed E-state index contributed by atoms with van der Waals surface area (Å²) in [5, 5.41) is 30.7. The lowest BCUT2D eigenvalue weighted by molar-refractivity contribution is -0.123. The zero-order valence-corrected chi connectivity index (χ0v) is 8.87. The molecule has 0 saturated carbocycles. The SMILES string of the molecule is N[C@@H](CO)C(=O)N/N=C/c1cc(O)ccc1O. The van der Waals surface area contributed by atoms with Crippen LogP contribution in [0.3, 0.4) is 0 Å². The third kappa shape index (κ3) is 3.74. The van der Waals surface area contributed by atoms with Crippen LogP contribution in [0.1, 0.15) is 5.56 Å². The fraction of sp³-hybridized carbons (Fsp3) is 0.200. The number of aliphatic hydroxyl groups is 1. The van der Waals surface area contributed by atoms with E-state index in [0.717, 1.165) is 6.21 Å². The van der Waals surface area contributed by atoms with Crippen LogP contribution in [0.25, 0.3) is 0 Å². The number of carbonyl (C=O) groups is 1. The van der Waals surface area contributed by atoms with Crippen LogP contribution >= 0.6 is 0 Å². The summed E-state index contributed by atoms with van der Waals surface area (Å²) < 4.78 is 0. The molecular weight excluding hydrogens is 226 g/mol. The van der Waals surface area contributed by atoms with E-state index in [2.05, 4.69) is 10.5 Å². The number of aliphatic hydroxyl groups excluding tert-OH is 1. The summed E-state index contributed by atoms with van der Waals surface area (Å²) in [6.07, 6.45) is 1.15. The Morgan fingerprint density at radius 1 is 1.53 bits per heavy atom. The number of nitrogens with two attached hydrogens (primary N) is 1. The van der Waals surface area contributed by atoms with E-state index in [0.29, 0.717) is 0 Å². The van der Waals surface area contributed by atoms with Crippen molar-refractivity contribution in [3.63, 3.8) is 0 Å². The number of rotatable bonds is 4. The fourth-order valence-electron chi connectivity index (χ4n) is 0.977. The zero-order chi connectivity index (χ0) is 12.8. The summed E-state index contributed by atoms with van der Waals surface area (Å²) in [7, 11) is 0.